The van der Waals surface area contributed by atoms with Crippen molar-refractivity contribution in [2.75, 3.05) is 0 Å². The van der Waals surface area contributed by atoms with Crippen molar-refractivity contribution in [2.45, 2.75) is 31.4 Å². The molecule has 0 saturated heterocycles. The van der Waals surface area contributed by atoms with Gasteiger partial charge < -0.3 is 4.52 Å². The van der Waals surface area contributed by atoms with Gasteiger partial charge in [0.25, 0.3) is 0 Å². The van der Waals surface area contributed by atoms with Crippen LogP contribution in [-0.4, -0.2) is 18.6 Å². The largest absolute Gasteiger partial charge is 0.340 e. The van der Waals surface area contributed by atoms with E-state index in [1.165, 1.54) is 0 Å². The second-order valence-corrected chi connectivity index (χ2v) is 6.14. The summed E-state index contributed by atoms with van der Waals surface area (Å²) >= 11 is 0. The van der Waals surface area contributed by atoms with Crippen LogP contribution < -0.4 is 0 Å². The Morgan fingerprint density at radius 1 is 1.17 bits per heavy atom. The maximum absolute atomic E-state index is 12.3. The van der Waals surface area contributed by atoms with Gasteiger partial charge in [-0.2, -0.15) is 4.98 Å². The van der Waals surface area contributed by atoms with E-state index in [1.54, 1.807) is 32.9 Å². The minimum absolute atomic E-state index is 0.190. The van der Waals surface area contributed by atoms with Crippen LogP contribution in [0.2, 0.25) is 0 Å². The molecule has 0 bridgehead atoms. The third kappa shape index (κ3) is 2.43. The summed E-state index contributed by atoms with van der Waals surface area (Å²) in [7, 11) is -3.45. The fourth-order valence-corrected chi connectivity index (χ4v) is 3.65. The number of aromatic nitrogens is 2. The van der Waals surface area contributed by atoms with Crippen LogP contribution in [0.15, 0.2) is 27.6 Å². The van der Waals surface area contributed by atoms with E-state index in [0.29, 0.717) is 10.8 Å². The molecule has 2 rings (SSSR count). The molecule has 1 aromatic heterocycles. The van der Waals surface area contributed by atoms with Crippen molar-refractivity contribution in [3.8, 4) is 0 Å². The van der Waals surface area contributed by atoms with Crippen LogP contribution in [0.25, 0.3) is 0 Å². The smallest absolute Gasteiger partial charge is 0.223 e. The van der Waals surface area contributed by atoms with Gasteiger partial charge in [-0.15, -0.1) is 0 Å². The van der Waals surface area contributed by atoms with Crippen molar-refractivity contribution >= 4 is 9.84 Å². The Morgan fingerprint density at radius 2 is 1.78 bits per heavy atom. The predicted molar refractivity (Wildman–Crippen MR) is 65.8 cm³/mol. The Hall–Kier alpha value is -1.69. The van der Waals surface area contributed by atoms with Crippen LogP contribution in [0.5, 0.6) is 0 Å². The van der Waals surface area contributed by atoms with E-state index in [2.05, 4.69) is 10.1 Å². The summed E-state index contributed by atoms with van der Waals surface area (Å²) in [5, 5.41) is 3.62. The first-order valence-corrected chi connectivity index (χ1v) is 7.13. The molecule has 0 radical (unpaired) electrons. The molecular weight excluding hydrogens is 252 g/mol. The monoisotopic (exact) mass is 266 g/mol. The standard InChI is InChI=1S/C12H14N2O3S/c1-8-5-4-6-9(2)12(8)18(15,16)7-11-13-10(3)17-14-11/h4-6H,7H2,1-3H3. The Labute approximate surface area is 106 Å². The first-order valence-electron chi connectivity index (χ1n) is 5.48. The van der Waals surface area contributed by atoms with E-state index in [4.69, 9.17) is 4.52 Å². The van der Waals surface area contributed by atoms with E-state index >= 15 is 0 Å². The molecule has 6 heteroatoms. The number of sulfone groups is 1. The van der Waals surface area contributed by atoms with Gasteiger partial charge in [-0.3, -0.25) is 0 Å². The number of hydrogen-bond acceptors (Lipinski definition) is 5. The SMILES string of the molecule is Cc1nc(CS(=O)(=O)c2c(C)cccc2C)no1. The van der Waals surface area contributed by atoms with Crippen molar-refractivity contribution < 1.29 is 12.9 Å². The van der Waals surface area contributed by atoms with Gasteiger partial charge in [0.15, 0.2) is 15.7 Å². The van der Waals surface area contributed by atoms with Gasteiger partial charge in [-0.05, 0) is 25.0 Å². The average Bonchev–Trinajstić information content (AvgIpc) is 2.62. The molecule has 0 fully saturated rings. The lowest BCUT2D eigenvalue weighted by atomic mass is 10.2. The molecule has 0 aliphatic heterocycles. The summed E-state index contributed by atoms with van der Waals surface area (Å²) in [6.45, 7) is 5.19. The molecule has 0 saturated carbocycles. The van der Waals surface area contributed by atoms with Crippen LogP contribution in [0.3, 0.4) is 0 Å². The summed E-state index contributed by atoms with van der Waals surface area (Å²) < 4.78 is 29.4. The zero-order valence-electron chi connectivity index (χ0n) is 10.5. The molecule has 0 amide bonds. The maximum Gasteiger partial charge on any atom is 0.223 e. The van der Waals surface area contributed by atoms with Crippen molar-refractivity contribution in [3.05, 3.63) is 41.0 Å². The summed E-state index contributed by atoms with van der Waals surface area (Å²) in [5.41, 5.74) is 1.46. The maximum atomic E-state index is 12.3. The van der Waals surface area contributed by atoms with E-state index in [9.17, 15) is 8.42 Å². The Morgan fingerprint density at radius 3 is 2.28 bits per heavy atom. The number of aryl methyl sites for hydroxylation is 3. The number of nitrogens with zero attached hydrogens (tertiary/aromatic N) is 2. The molecule has 2 aromatic rings. The number of benzene rings is 1. The molecule has 0 N–H and O–H groups in total. The Kier molecular flexibility index (Phi) is 3.21. The topological polar surface area (TPSA) is 73.1 Å². The van der Waals surface area contributed by atoms with Crippen LogP contribution in [0, 0.1) is 20.8 Å². The second-order valence-electron chi connectivity index (χ2n) is 4.21. The van der Waals surface area contributed by atoms with Gasteiger partial charge in [0.2, 0.25) is 5.89 Å². The quantitative estimate of drug-likeness (QED) is 0.849. The number of hydrogen-bond donors (Lipinski definition) is 0. The zero-order chi connectivity index (χ0) is 13.3. The third-order valence-electron chi connectivity index (χ3n) is 2.61. The summed E-state index contributed by atoms with van der Waals surface area (Å²) in [5.74, 6) is 0.313. The first-order chi connectivity index (χ1) is 8.40. The lowest BCUT2D eigenvalue weighted by Gasteiger charge is -2.08. The summed E-state index contributed by atoms with van der Waals surface area (Å²) in [6, 6.07) is 5.39. The highest BCUT2D eigenvalue weighted by molar-refractivity contribution is 7.90. The van der Waals surface area contributed by atoms with Crippen LogP contribution >= 0.6 is 0 Å². The first kappa shape index (κ1) is 12.8. The minimum atomic E-state index is -3.45. The molecule has 5 nitrogen and oxygen atoms in total. The second kappa shape index (κ2) is 4.53. The van der Waals surface area contributed by atoms with Gasteiger partial charge in [-0.25, -0.2) is 8.42 Å². The Balaban J connectivity index is 2.43. The van der Waals surface area contributed by atoms with Gasteiger partial charge in [0.05, 0.1) is 4.90 Å². The molecular formula is C12H14N2O3S. The molecule has 0 spiro atoms. The van der Waals surface area contributed by atoms with Crippen molar-refractivity contribution in [2.24, 2.45) is 0 Å². The normalized spacial score (nSPS) is 11.7. The fourth-order valence-electron chi connectivity index (χ4n) is 1.93. The lowest BCUT2D eigenvalue weighted by Crippen LogP contribution is -2.09. The van der Waals surface area contributed by atoms with Crippen LogP contribution in [-0.2, 0) is 15.6 Å². The minimum Gasteiger partial charge on any atom is -0.340 e. The fraction of sp³-hybridized carbons (Fsp3) is 0.333. The molecule has 1 aromatic carbocycles. The van der Waals surface area contributed by atoms with Crippen molar-refractivity contribution in [1.82, 2.24) is 10.1 Å². The molecule has 96 valence electrons. The molecule has 18 heavy (non-hydrogen) atoms. The molecule has 0 unspecified atom stereocenters. The molecule has 1 heterocycles. The van der Waals surface area contributed by atoms with Crippen molar-refractivity contribution in [3.63, 3.8) is 0 Å². The van der Waals surface area contributed by atoms with E-state index in [0.717, 1.165) is 11.1 Å². The predicted octanol–water partition coefficient (Wildman–Crippen LogP) is 1.97. The summed E-state index contributed by atoms with van der Waals surface area (Å²) in [6.07, 6.45) is 0. The highest BCUT2D eigenvalue weighted by atomic mass is 32.2. The van der Waals surface area contributed by atoms with Gasteiger partial charge in [0, 0.05) is 6.92 Å². The van der Waals surface area contributed by atoms with Gasteiger partial charge in [0.1, 0.15) is 5.75 Å². The third-order valence-corrected chi connectivity index (χ3v) is 4.51. The van der Waals surface area contributed by atoms with Gasteiger partial charge >= 0.3 is 0 Å². The van der Waals surface area contributed by atoms with Crippen LogP contribution in [0.4, 0.5) is 0 Å². The van der Waals surface area contributed by atoms with E-state index < -0.39 is 9.84 Å². The average molecular weight is 266 g/mol. The molecule has 0 aliphatic rings. The lowest BCUT2D eigenvalue weighted by molar-refractivity contribution is 0.388. The summed E-state index contributed by atoms with van der Waals surface area (Å²) in [4.78, 5) is 4.28. The number of rotatable bonds is 3. The van der Waals surface area contributed by atoms with E-state index in [1.807, 2.05) is 6.07 Å². The zero-order valence-corrected chi connectivity index (χ0v) is 11.3. The Bertz CT molecular complexity index is 654. The molecule has 0 atom stereocenters. The highest BCUT2D eigenvalue weighted by Gasteiger charge is 2.22. The van der Waals surface area contributed by atoms with Crippen molar-refractivity contribution in [1.29, 1.82) is 0 Å². The van der Waals surface area contributed by atoms with E-state index in [-0.39, 0.29) is 11.6 Å². The molecule has 0 aliphatic carbocycles. The van der Waals surface area contributed by atoms with Crippen LogP contribution in [0.1, 0.15) is 22.8 Å². The highest BCUT2D eigenvalue weighted by Crippen LogP contribution is 2.22. The van der Waals surface area contributed by atoms with Gasteiger partial charge in [-0.1, -0.05) is 23.4 Å².